The van der Waals surface area contributed by atoms with Crippen molar-refractivity contribution in [3.05, 3.63) is 0 Å². The second-order valence-corrected chi connectivity index (χ2v) is 1.35. The van der Waals surface area contributed by atoms with E-state index >= 15 is 0 Å². The van der Waals surface area contributed by atoms with E-state index in [0.717, 1.165) is 0 Å². The van der Waals surface area contributed by atoms with Gasteiger partial charge in [-0.3, -0.25) is 4.79 Å². The van der Waals surface area contributed by atoms with E-state index in [9.17, 15) is 4.79 Å². The Bertz CT molecular complexity index is 69.8. The summed E-state index contributed by atoms with van der Waals surface area (Å²) >= 11 is 0. The van der Waals surface area contributed by atoms with E-state index in [-0.39, 0.29) is 6.42 Å². The molecule has 56 valence electrons. The summed E-state index contributed by atoms with van der Waals surface area (Å²) in [5.41, 5.74) is 0. The van der Waals surface area contributed by atoms with Gasteiger partial charge in [-0.05, 0) is 0 Å². The predicted octanol–water partition coefficient (Wildman–Crippen LogP) is -2.45. The van der Waals surface area contributed by atoms with Crippen molar-refractivity contribution in [1.82, 2.24) is 0 Å². The summed E-state index contributed by atoms with van der Waals surface area (Å²) in [7, 11) is -2.60. The molecule has 0 atom stereocenters. The minimum absolute atomic E-state index is 0.222. The van der Waals surface area contributed by atoms with Crippen LogP contribution in [0, 0.1) is 10.8 Å². The summed E-state index contributed by atoms with van der Waals surface area (Å²) in [6.07, 6.45) is 0.222. The first-order valence-corrected chi connectivity index (χ1v) is 2.92. The fraction of sp³-hybridized carbons (Fsp3) is 0.667. The predicted molar refractivity (Wildman–Crippen MR) is 20.1 cm³/mol. The number of halogens is 1. The van der Waals surface area contributed by atoms with Crippen LogP contribution in [0.15, 0.2) is 0 Å². The molecule has 0 heterocycles. The zero-order valence-electron chi connectivity index (χ0n) is 4.70. The number of carboxylic acids is 1. The zero-order chi connectivity index (χ0) is 7.86. The van der Waals surface area contributed by atoms with E-state index in [4.69, 9.17) is 19.1 Å². The Labute approximate surface area is 54.9 Å². The number of hydrogen-bond acceptors (Lipinski definition) is 4. The molecule has 0 aliphatic carbocycles. The van der Waals surface area contributed by atoms with Gasteiger partial charge < -0.3 is 14.4 Å². The fourth-order valence-corrected chi connectivity index (χ4v) is 0. The molecule has 0 unspecified atom stereocenters. The quantitative estimate of drug-likeness (QED) is 0.441. The van der Waals surface area contributed by atoms with Crippen molar-refractivity contribution in [2.75, 3.05) is 0 Å². The van der Waals surface area contributed by atoms with Crippen LogP contribution in [0.3, 0.4) is 0 Å². The van der Waals surface area contributed by atoms with Crippen molar-refractivity contribution in [3.63, 3.8) is 0 Å². The van der Waals surface area contributed by atoms with Crippen molar-refractivity contribution >= 4 is 5.97 Å². The summed E-state index contributed by atoms with van der Waals surface area (Å²) in [5.74, 6) is -0.745. The first kappa shape index (κ1) is 11.4. The Morgan fingerprint density at radius 3 is 1.78 bits per heavy atom. The van der Waals surface area contributed by atoms with Crippen LogP contribution in [0.1, 0.15) is 13.3 Å². The van der Waals surface area contributed by atoms with Gasteiger partial charge in [0.2, 0.25) is 0 Å². The van der Waals surface area contributed by atoms with E-state index in [1.807, 2.05) is 0 Å². The van der Waals surface area contributed by atoms with Gasteiger partial charge in [0.25, 0.3) is 10.8 Å². The zero-order valence-corrected chi connectivity index (χ0v) is 5.46. The van der Waals surface area contributed by atoms with Crippen molar-refractivity contribution in [2.45, 2.75) is 13.3 Å². The number of carboxylic acid groups (broad SMARTS) is 1. The number of hydrogen-bond donors (Lipinski definition) is 2. The van der Waals surface area contributed by atoms with Gasteiger partial charge in [-0.1, -0.05) is 6.92 Å². The lowest BCUT2D eigenvalue weighted by Gasteiger charge is -1.72. The molecule has 5 nitrogen and oxygen atoms in total. The van der Waals surface area contributed by atoms with Crippen LogP contribution in [0.25, 0.3) is 0 Å². The lowest BCUT2D eigenvalue weighted by atomic mass is 10.5. The fourth-order valence-electron chi connectivity index (χ4n) is 0. The van der Waals surface area contributed by atoms with E-state index in [0.29, 0.717) is 0 Å². The van der Waals surface area contributed by atoms with Crippen LogP contribution in [0.2, 0.25) is 0 Å². The highest BCUT2D eigenvalue weighted by Gasteiger charge is 1.80. The van der Waals surface area contributed by atoms with Crippen molar-refractivity contribution in [2.24, 2.45) is 0 Å². The average Bonchev–Trinajstić information content (AvgIpc) is 1.65. The SMILES string of the molecule is CCC(=O)O.[O-][Cl+2]([O-])O. The summed E-state index contributed by atoms with van der Waals surface area (Å²) in [6, 6.07) is 0. The lowest BCUT2D eigenvalue weighted by molar-refractivity contribution is -1.63. The minimum Gasteiger partial charge on any atom is -0.481 e. The molecule has 0 bridgehead atoms. The van der Waals surface area contributed by atoms with Crippen LogP contribution < -0.4 is 9.32 Å². The first-order valence-electron chi connectivity index (χ1n) is 1.97. The summed E-state index contributed by atoms with van der Waals surface area (Å²) in [4.78, 5) is 9.37. The van der Waals surface area contributed by atoms with E-state index in [1.165, 1.54) is 0 Å². The van der Waals surface area contributed by atoms with Crippen molar-refractivity contribution in [1.29, 1.82) is 0 Å². The van der Waals surface area contributed by atoms with Gasteiger partial charge in [0.05, 0.1) is 0 Å². The molecule has 9 heavy (non-hydrogen) atoms. The first-order chi connectivity index (χ1) is 4.00. The molecule has 0 saturated heterocycles. The van der Waals surface area contributed by atoms with Gasteiger partial charge in [0.15, 0.2) is 0 Å². The molecule has 0 aliphatic heterocycles. The molecule has 0 aromatic heterocycles. The molecule has 0 aromatic carbocycles. The maximum absolute atomic E-state index is 9.37. The van der Waals surface area contributed by atoms with Gasteiger partial charge in [-0.25, -0.2) is 0 Å². The highest BCUT2D eigenvalue weighted by molar-refractivity contribution is 5.66. The Morgan fingerprint density at radius 2 is 1.78 bits per heavy atom. The highest BCUT2D eigenvalue weighted by Crippen LogP contribution is 1.67. The molecule has 0 amide bonds. The molecule has 0 aromatic rings. The molecular formula is C3H7ClO5. The lowest BCUT2D eigenvalue weighted by Crippen LogP contribution is -2.30. The normalized spacial score (nSPS) is 8.11. The minimum atomic E-state index is -2.60. The van der Waals surface area contributed by atoms with Gasteiger partial charge in [-0.2, -0.15) is 0 Å². The second-order valence-electron chi connectivity index (χ2n) is 0.948. The standard InChI is InChI=1S/C3H6O2.ClHO3/c1-2-3(4)5;2-1(3)4/h2H2,1H3,(H,4,5);2H. The van der Waals surface area contributed by atoms with Crippen LogP contribution in [-0.4, -0.2) is 15.7 Å². The highest BCUT2D eigenvalue weighted by atomic mass is 35.6. The largest absolute Gasteiger partial charge is 0.481 e. The van der Waals surface area contributed by atoms with Crippen LogP contribution in [-0.2, 0) is 4.79 Å². The number of aliphatic carboxylic acids is 1. The van der Waals surface area contributed by atoms with Crippen LogP contribution >= 0.6 is 0 Å². The topological polar surface area (TPSA) is 104 Å². The van der Waals surface area contributed by atoms with Gasteiger partial charge in [-0.15, -0.1) is 0 Å². The Morgan fingerprint density at radius 1 is 1.67 bits per heavy atom. The molecule has 0 radical (unpaired) electrons. The summed E-state index contributed by atoms with van der Waals surface area (Å²) in [5, 5.41) is 7.72. The molecule has 0 saturated carbocycles. The molecule has 0 aliphatic rings. The molecule has 0 spiro atoms. The van der Waals surface area contributed by atoms with E-state index < -0.39 is 16.8 Å². The van der Waals surface area contributed by atoms with Crippen molar-refractivity contribution in [3.8, 4) is 0 Å². The Balaban J connectivity index is 0. The van der Waals surface area contributed by atoms with Crippen molar-refractivity contribution < 1.29 is 34.7 Å². The van der Waals surface area contributed by atoms with E-state index in [2.05, 4.69) is 0 Å². The smallest absolute Gasteiger partial charge is 0.303 e. The maximum Gasteiger partial charge on any atom is 0.303 e. The second kappa shape index (κ2) is 7.64. The molecule has 0 rings (SSSR count). The molecule has 0 fully saturated rings. The maximum atomic E-state index is 9.37. The third-order valence-electron chi connectivity index (χ3n) is 0.302. The van der Waals surface area contributed by atoms with E-state index in [1.54, 1.807) is 6.92 Å². The van der Waals surface area contributed by atoms with Gasteiger partial charge in [0.1, 0.15) is 0 Å². The van der Waals surface area contributed by atoms with Crippen LogP contribution in [0.5, 0.6) is 0 Å². The molecule has 6 heteroatoms. The van der Waals surface area contributed by atoms with Gasteiger partial charge in [0, 0.05) is 11.1 Å². The third kappa shape index (κ3) is 90.4. The number of rotatable bonds is 1. The average molecular weight is 159 g/mol. The van der Waals surface area contributed by atoms with Gasteiger partial charge >= 0.3 is 5.97 Å². The Kier molecular flexibility index (Phi) is 9.71. The summed E-state index contributed by atoms with van der Waals surface area (Å²) in [6.45, 7) is 1.60. The third-order valence-corrected chi connectivity index (χ3v) is 0.302. The number of carbonyl (C=O) groups is 1. The van der Waals surface area contributed by atoms with Crippen LogP contribution in [0.4, 0.5) is 0 Å². The monoisotopic (exact) mass is 158 g/mol. The molecular weight excluding hydrogens is 151 g/mol. The molecule has 2 N–H and O–H groups in total. The Hall–Kier alpha value is -0.360. The summed E-state index contributed by atoms with van der Waals surface area (Å²) < 4.78 is 24.0.